The Morgan fingerprint density at radius 3 is 2.28 bits per heavy atom. The van der Waals surface area contributed by atoms with Gasteiger partial charge >= 0.3 is 0 Å². The van der Waals surface area contributed by atoms with Gasteiger partial charge in [-0.25, -0.2) is 0 Å². The molecule has 4 heteroatoms. The molecule has 1 fully saturated rings. The monoisotopic (exact) mass is 462 g/mol. The van der Waals surface area contributed by atoms with Gasteiger partial charge in [-0.2, -0.15) is 0 Å². The first-order chi connectivity index (χ1) is 15.5. The fourth-order valence-corrected chi connectivity index (χ4v) is 7.30. The van der Waals surface area contributed by atoms with Crippen molar-refractivity contribution in [2.24, 2.45) is 0 Å². The Bertz CT molecular complexity index is 1230. The molecule has 1 saturated heterocycles. The van der Waals surface area contributed by atoms with Crippen molar-refractivity contribution < 1.29 is 9.90 Å². The molecule has 32 heavy (non-hydrogen) atoms. The highest BCUT2D eigenvalue weighted by Crippen LogP contribution is 2.26. The van der Waals surface area contributed by atoms with E-state index in [2.05, 4.69) is 48.9 Å². The van der Waals surface area contributed by atoms with E-state index in [9.17, 15) is 9.90 Å². The Labute approximate surface area is 196 Å². The molecule has 0 unspecified atom stereocenters. The van der Waals surface area contributed by atoms with Crippen molar-refractivity contribution in [1.82, 2.24) is 0 Å². The second kappa shape index (κ2) is 10.5. The van der Waals surface area contributed by atoms with Crippen LogP contribution in [0, 0.1) is 0 Å². The lowest BCUT2D eigenvalue weighted by molar-refractivity contribution is 0.102. The molecule has 0 atom stereocenters. The van der Waals surface area contributed by atoms with Crippen molar-refractivity contribution >= 4 is 49.1 Å². The lowest BCUT2D eigenvalue weighted by Gasteiger charge is -2.03. The summed E-state index contributed by atoms with van der Waals surface area (Å²) in [5.41, 5.74) is 0.883. The van der Waals surface area contributed by atoms with Gasteiger partial charge in [0.15, 0.2) is 10.6 Å². The lowest BCUT2D eigenvalue weighted by Crippen LogP contribution is -2.17. The summed E-state index contributed by atoms with van der Waals surface area (Å²) in [7, 11) is 0.586. The Kier molecular flexibility index (Phi) is 7.44. The molecule has 2 nitrogen and oxygen atoms in total. The number of carbonyl (C=O) groups is 1. The topological polar surface area (TPSA) is 37.3 Å². The van der Waals surface area contributed by atoms with Gasteiger partial charge in [-0.15, -0.1) is 0 Å². The minimum atomic E-state index is 0.227. The molecule has 0 radical (unpaired) electrons. The molecule has 0 saturated carbocycles. The van der Waals surface area contributed by atoms with Crippen molar-refractivity contribution in [3.8, 4) is 5.75 Å². The number of ketones is 1. The van der Waals surface area contributed by atoms with E-state index >= 15 is 0 Å². The molecule has 0 aromatic heterocycles. The largest absolute Gasteiger partial charge is 0.508 e. The summed E-state index contributed by atoms with van der Waals surface area (Å²) < 4.78 is 0. The van der Waals surface area contributed by atoms with Crippen LogP contribution in [0.25, 0.3) is 21.5 Å². The molecule has 0 amide bonds. The van der Waals surface area contributed by atoms with Gasteiger partial charge in [-0.1, -0.05) is 54.6 Å². The predicted octanol–water partition coefficient (Wildman–Crippen LogP) is 6.22. The van der Waals surface area contributed by atoms with Crippen LogP contribution < -0.4 is 0 Å². The van der Waals surface area contributed by atoms with Crippen molar-refractivity contribution in [2.75, 3.05) is 29.8 Å². The molecule has 1 heterocycles. The van der Waals surface area contributed by atoms with Gasteiger partial charge < -0.3 is 5.11 Å². The molecular weight excluding hydrogens is 432 g/mol. The van der Waals surface area contributed by atoms with Crippen LogP contribution in [-0.2, 0) is 21.8 Å². The van der Waals surface area contributed by atoms with E-state index in [4.69, 9.17) is 0 Å². The van der Waals surface area contributed by atoms with Crippen molar-refractivity contribution in [3.63, 3.8) is 0 Å². The van der Waals surface area contributed by atoms with E-state index < -0.39 is 0 Å². The molecule has 0 spiro atoms. The maximum Gasteiger partial charge on any atom is 0.211 e. The van der Waals surface area contributed by atoms with Crippen molar-refractivity contribution in [3.05, 3.63) is 84.4 Å². The van der Waals surface area contributed by atoms with E-state index in [1.807, 2.05) is 36.4 Å². The van der Waals surface area contributed by atoms with Crippen LogP contribution in [-0.4, -0.2) is 40.7 Å². The zero-order chi connectivity index (χ0) is 22.5. The summed E-state index contributed by atoms with van der Waals surface area (Å²) in [4.78, 5) is 13.6. The lowest BCUT2D eigenvalue weighted by atomic mass is 10.1. The minimum Gasteiger partial charge on any atom is -0.508 e. The van der Waals surface area contributed by atoms with E-state index in [0.717, 1.165) is 16.7 Å². The second-order valence-electron chi connectivity index (χ2n) is 8.34. The molecule has 4 aromatic carbocycles. The van der Waals surface area contributed by atoms with Gasteiger partial charge in [0.2, 0.25) is 5.78 Å². The minimum absolute atomic E-state index is 0.227. The highest BCUT2D eigenvalue weighted by Gasteiger charge is 2.27. The standard InChI is InChI=1S/C16H17OS.C12H12OS/c17-16(12-18-9-3-4-10-18)15-8-7-13-5-1-2-6-14(13)11-15;1-14(2)12-5-3-4-9-6-7-10(13)8-11(9)12/h1-2,5-8,11H,3-4,9-10,12H2;3-8H,1-2H3/q+1;/p+1. The third-order valence-corrected chi connectivity index (χ3v) is 9.43. The third-order valence-electron chi connectivity index (χ3n) is 5.79. The summed E-state index contributed by atoms with van der Waals surface area (Å²) in [6.07, 6.45) is 7.01. The van der Waals surface area contributed by atoms with Gasteiger partial charge in [0, 0.05) is 21.8 Å². The van der Waals surface area contributed by atoms with Crippen LogP contribution in [0.4, 0.5) is 0 Å². The Morgan fingerprint density at radius 1 is 0.844 bits per heavy atom. The number of fused-ring (bicyclic) bond motifs is 2. The summed E-state index contributed by atoms with van der Waals surface area (Å²) in [6, 6.07) is 26.1. The number of phenols is 1. The molecule has 0 aliphatic carbocycles. The van der Waals surface area contributed by atoms with E-state index in [1.165, 1.54) is 45.4 Å². The summed E-state index contributed by atoms with van der Waals surface area (Å²) in [5, 5.41) is 14.2. The molecule has 1 aliphatic rings. The van der Waals surface area contributed by atoms with Gasteiger partial charge in [0.05, 0.1) is 0 Å². The van der Waals surface area contributed by atoms with Gasteiger partial charge in [0.25, 0.3) is 0 Å². The van der Waals surface area contributed by atoms with Crippen LogP contribution in [0.1, 0.15) is 23.2 Å². The highest BCUT2D eigenvalue weighted by atomic mass is 32.2. The summed E-state index contributed by atoms with van der Waals surface area (Å²) in [5.74, 6) is 3.96. The molecule has 1 N–H and O–H groups in total. The number of benzene rings is 4. The number of Topliss-reactive ketones (excluding diaryl/α,β-unsaturated/α-hetero) is 1. The smallest absolute Gasteiger partial charge is 0.211 e. The van der Waals surface area contributed by atoms with Crippen LogP contribution in [0.15, 0.2) is 83.8 Å². The van der Waals surface area contributed by atoms with Gasteiger partial charge in [-0.05, 0) is 64.2 Å². The van der Waals surface area contributed by atoms with E-state index in [1.54, 1.807) is 6.07 Å². The number of hydrogen-bond acceptors (Lipinski definition) is 2. The average Bonchev–Trinajstić information content (AvgIpc) is 3.31. The number of rotatable bonds is 4. The van der Waals surface area contributed by atoms with Gasteiger partial charge in [0.1, 0.15) is 29.8 Å². The molecule has 164 valence electrons. The zero-order valence-electron chi connectivity index (χ0n) is 18.7. The SMILES string of the molecule is C[S+](C)c1cccc2ccc(O)cc12.O=C(C[S+]1CCCC1)c1ccc2ccccc2c1. The van der Waals surface area contributed by atoms with Crippen LogP contribution in [0.2, 0.25) is 0 Å². The molecule has 1 aliphatic heterocycles. The fraction of sp³-hybridized carbons (Fsp3) is 0.250. The first-order valence-electron chi connectivity index (χ1n) is 11.0. The summed E-state index contributed by atoms with van der Waals surface area (Å²) in [6.45, 7) is 0. The molecule has 4 aromatic rings. The first-order valence-corrected chi connectivity index (χ1v) is 14.7. The highest BCUT2D eigenvalue weighted by molar-refractivity contribution is 7.97. The fourth-order valence-electron chi connectivity index (χ4n) is 4.08. The molecule has 0 bridgehead atoms. The summed E-state index contributed by atoms with van der Waals surface area (Å²) >= 11 is 0. The van der Waals surface area contributed by atoms with Crippen LogP contribution >= 0.6 is 0 Å². The maximum absolute atomic E-state index is 12.3. The number of carbonyl (C=O) groups excluding carboxylic acids is 1. The third kappa shape index (κ3) is 5.48. The van der Waals surface area contributed by atoms with Gasteiger partial charge in [-0.3, -0.25) is 4.79 Å². The average molecular weight is 463 g/mol. The maximum atomic E-state index is 12.3. The first kappa shape index (κ1) is 22.8. The van der Waals surface area contributed by atoms with Crippen molar-refractivity contribution in [1.29, 1.82) is 0 Å². The molecular formula is C28H30O2S2+2. The predicted molar refractivity (Wildman–Crippen MR) is 143 cm³/mol. The zero-order valence-corrected chi connectivity index (χ0v) is 20.3. The van der Waals surface area contributed by atoms with E-state index in [-0.39, 0.29) is 10.9 Å². The number of phenolic OH excluding ortho intramolecular Hbond substituents is 1. The van der Waals surface area contributed by atoms with E-state index in [0.29, 0.717) is 22.4 Å². The number of aromatic hydroxyl groups is 1. The Morgan fingerprint density at radius 2 is 1.53 bits per heavy atom. The Hall–Kier alpha value is -2.43. The quantitative estimate of drug-likeness (QED) is 0.289. The molecule has 5 rings (SSSR count). The number of hydrogen-bond donors (Lipinski definition) is 1. The van der Waals surface area contributed by atoms with Crippen molar-refractivity contribution in [2.45, 2.75) is 17.7 Å². The Balaban J connectivity index is 0.000000158. The van der Waals surface area contributed by atoms with Crippen LogP contribution in [0.3, 0.4) is 0 Å². The second-order valence-corrected chi connectivity index (χ2v) is 12.7. The normalized spacial score (nSPS) is 14.0. The van der Waals surface area contributed by atoms with Crippen LogP contribution in [0.5, 0.6) is 5.75 Å².